The molecule has 102 heavy (non-hydrogen) atoms. The normalized spacial score (nSPS) is 19.3. The van der Waals surface area contributed by atoms with Gasteiger partial charge in [-0.3, -0.25) is 60.0 Å². The summed E-state index contributed by atoms with van der Waals surface area (Å²) in [6.45, 7) is 11.2. The number of hydrogen-bond acceptors (Lipinski definition) is 19. The molecule has 0 unspecified atom stereocenters. The van der Waals surface area contributed by atoms with Crippen LogP contribution in [0.2, 0.25) is 0 Å². The number of aromatic nitrogens is 5. The summed E-state index contributed by atoms with van der Waals surface area (Å²) in [5, 5.41) is 17.0. The number of nitrogens with one attached hydrogen (secondary N) is 8. The predicted molar refractivity (Wildman–Crippen MR) is 367 cm³/mol. The van der Waals surface area contributed by atoms with Crippen molar-refractivity contribution in [1.82, 2.24) is 71.1 Å². The van der Waals surface area contributed by atoms with Crippen molar-refractivity contribution in [2.24, 2.45) is 0 Å². The number of pyridine rings is 3. The summed E-state index contributed by atoms with van der Waals surface area (Å²) in [7, 11) is 4.57. The van der Waals surface area contributed by atoms with Crippen molar-refractivity contribution in [3.63, 3.8) is 0 Å². The molecule has 31 nitrogen and oxygen atoms in total. The first-order valence-corrected chi connectivity index (χ1v) is 32.2. The number of benzene rings is 3. The molecule has 14 rings (SSSR count). The standard InChI is InChI=1S/C25H25N5O6.C20H17N5O4.C15H13N3O4.C10H13BrN2O2/c1-24(2,3)36-23(34)30-18-6-5-9-26-17(18)11-19(30)25(21(32)27-22(33)28-25)13-29-12-14-7-8-15(35-4)10-16(14)20(29)31;1-29-12-5-4-11-9-25(17(26)13(11)7-12)10-20(18(27)23-19(28)24-20)16-8-15-14(22-16)3-2-6-21-15;1-3-15(13(20)16-14(21)17-15)8-18-7-9-4-5-10(22-2)6-11(9)12(18)19;1-10(2,3)15-9(14)13-7-5-4-6-12-8(7)11/h5-11H,12-13H2,1-4H3,(H2,27,28,32,33);2-8,22H,9-10H2,1H3,(H2,23,24,27,28);1,4-6H,7-8H2,2H3,(H2,16,17,20,21);4-6H,1-3H3,(H,13,14)/t25-;20-;15-;/m001./s1. The van der Waals surface area contributed by atoms with Gasteiger partial charge in [-0.25, -0.2) is 33.5 Å². The Kier molecular flexibility index (Phi) is 19.3. The summed E-state index contributed by atoms with van der Waals surface area (Å²) < 4.78 is 28.1. The van der Waals surface area contributed by atoms with Gasteiger partial charge in [0.05, 0.1) is 80.1 Å². The highest BCUT2D eigenvalue weighted by Gasteiger charge is 2.55. The maximum absolute atomic E-state index is 13.4. The van der Waals surface area contributed by atoms with Gasteiger partial charge in [-0.1, -0.05) is 24.1 Å². The topological polar surface area (TPSA) is 387 Å². The van der Waals surface area contributed by atoms with Crippen LogP contribution in [0.15, 0.2) is 126 Å². The van der Waals surface area contributed by atoms with Crippen molar-refractivity contribution in [3.8, 4) is 29.6 Å². The molecule has 3 aromatic carbocycles. The number of H-pyrrole nitrogens is 1. The Bertz CT molecular complexity index is 4830. The van der Waals surface area contributed by atoms with E-state index in [1.54, 1.807) is 135 Å². The Morgan fingerprint density at radius 2 is 1.02 bits per heavy atom. The fraction of sp³-hybridized carbons (Fsp3) is 0.286. The van der Waals surface area contributed by atoms with Gasteiger partial charge in [0, 0.05) is 54.9 Å². The van der Waals surface area contributed by atoms with Gasteiger partial charge < -0.3 is 59.3 Å². The lowest BCUT2D eigenvalue weighted by atomic mass is 9.94. The van der Waals surface area contributed by atoms with Crippen LogP contribution in [0.5, 0.6) is 17.2 Å². The molecule has 5 aromatic heterocycles. The van der Waals surface area contributed by atoms with Gasteiger partial charge in [-0.15, -0.1) is 6.42 Å². The van der Waals surface area contributed by atoms with Gasteiger partial charge in [0.2, 0.25) is 0 Å². The molecule has 0 bridgehead atoms. The molecule has 3 atom stereocenters. The molecular formula is C70H68BrN15O16. The van der Waals surface area contributed by atoms with Gasteiger partial charge in [-0.2, -0.15) is 0 Å². The third-order valence-electron chi connectivity index (χ3n) is 16.8. The van der Waals surface area contributed by atoms with Crippen molar-refractivity contribution < 1.29 is 76.4 Å². The fourth-order valence-corrected chi connectivity index (χ4v) is 12.4. The molecule has 3 saturated heterocycles. The van der Waals surface area contributed by atoms with Crippen molar-refractivity contribution >= 4 is 109 Å². The van der Waals surface area contributed by atoms with E-state index in [4.69, 9.17) is 30.1 Å². The van der Waals surface area contributed by atoms with Crippen LogP contribution in [0.1, 0.15) is 101 Å². The van der Waals surface area contributed by atoms with E-state index in [9.17, 15) is 52.7 Å². The van der Waals surface area contributed by atoms with Crippen LogP contribution in [0.3, 0.4) is 0 Å². The number of anilines is 1. The van der Waals surface area contributed by atoms with Gasteiger partial charge in [0.1, 0.15) is 33.1 Å². The maximum atomic E-state index is 13.4. The number of terminal acetylenes is 1. The lowest BCUT2D eigenvalue weighted by Crippen LogP contribution is -2.54. The molecule has 526 valence electrons. The summed E-state index contributed by atoms with van der Waals surface area (Å²) in [4.78, 5) is 158. The number of hydrogen-bond donors (Lipinski definition) is 8. The van der Waals surface area contributed by atoms with Gasteiger partial charge >= 0.3 is 30.3 Å². The first-order chi connectivity index (χ1) is 48.4. The Labute approximate surface area is 590 Å². The monoisotopic (exact) mass is 1450 g/mol. The van der Waals surface area contributed by atoms with Crippen molar-refractivity contribution in [3.05, 3.63) is 171 Å². The van der Waals surface area contributed by atoms with Crippen LogP contribution in [0, 0.1) is 12.3 Å². The Balaban J connectivity index is 0.000000143. The van der Waals surface area contributed by atoms with Gasteiger partial charge in [-0.05, 0) is 159 Å². The fourth-order valence-electron chi connectivity index (χ4n) is 12.1. The molecule has 3 fully saturated rings. The first kappa shape index (κ1) is 70.9. The third-order valence-corrected chi connectivity index (χ3v) is 17.4. The van der Waals surface area contributed by atoms with Gasteiger partial charge in [0.15, 0.2) is 16.6 Å². The SMILES string of the molecule is C#C[C@]1(CN2Cc3ccc(OC)cc3C2=O)NC(=O)NC1=O.CC(C)(C)OC(=O)Nc1cccnc1Br.COc1ccc2c(c1)C(=O)N(C[C@@]1(c3cc4ncccc4[nH]3)NC(=O)NC1=O)C2.COc1ccc2c(c1)C(=O)N(C[C@@]1(c3cc4ncccc4n3C(=O)OC(C)(C)C)NC(=O)NC1=O)C2. The number of carbonyl (C=O) groups excluding carboxylic acids is 11. The number of amides is 13. The van der Waals surface area contributed by atoms with E-state index in [0.717, 1.165) is 22.2 Å². The Hall–Kier alpha value is -12.4. The molecule has 32 heteroatoms. The Morgan fingerprint density at radius 3 is 1.48 bits per heavy atom. The summed E-state index contributed by atoms with van der Waals surface area (Å²) in [6.07, 6.45) is 9.01. The minimum atomic E-state index is -1.77. The van der Waals surface area contributed by atoms with Gasteiger partial charge in [0.25, 0.3) is 35.4 Å². The molecule has 0 radical (unpaired) electrons. The zero-order valence-corrected chi connectivity index (χ0v) is 58.0. The smallest absolute Gasteiger partial charge is 0.419 e. The van der Waals surface area contributed by atoms with E-state index in [1.807, 2.05) is 32.9 Å². The van der Waals surface area contributed by atoms with Crippen LogP contribution >= 0.6 is 15.9 Å². The third kappa shape index (κ3) is 14.3. The molecule has 0 aliphatic carbocycles. The average molecular weight is 1460 g/mol. The largest absolute Gasteiger partial charge is 0.497 e. The van der Waals surface area contributed by atoms with E-state index in [0.29, 0.717) is 79.6 Å². The Morgan fingerprint density at radius 1 is 0.559 bits per heavy atom. The predicted octanol–water partition coefficient (Wildman–Crippen LogP) is 6.83. The van der Waals surface area contributed by atoms with E-state index in [2.05, 4.69) is 79.0 Å². The molecular weight excluding hydrogens is 1390 g/mol. The van der Waals surface area contributed by atoms with Crippen molar-refractivity contribution in [2.45, 2.75) is 89.0 Å². The minimum Gasteiger partial charge on any atom is -0.497 e. The zero-order valence-electron chi connectivity index (χ0n) is 56.4. The lowest BCUT2D eigenvalue weighted by Gasteiger charge is -2.32. The van der Waals surface area contributed by atoms with Crippen LogP contribution < -0.4 is 51.4 Å². The maximum Gasteiger partial charge on any atom is 0.419 e. The van der Waals surface area contributed by atoms with E-state index >= 15 is 0 Å². The number of nitrogens with zero attached hydrogens (tertiary/aromatic N) is 7. The van der Waals surface area contributed by atoms with Crippen molar-refractivity contribution in [2.75, 3.05) is 46.3 Å². The molecule has 8 N–H and O–H groups in total. The number of aromatic amines is 1. The second-order valence-corrected chi connectivity index (χ2v) is 26.7. The average Bonchev–Trinajstić information content (AvgIpc) is 1.58. The molecule has 6 aliphatic rings. The number of methoxy groups -OCH3 is 3. The van der Waals surface area contributed by atoms with Crippen molar-refractivity contribution in [1.29, 1.82) is 0 Å². The number of halogens is 1. The van der Waals surface area contributed by atoms with Crippen LogP contribution in [-0.2, 0) is 54.6 Å². The molecule has 8 aromatic rings. The highest BCUT2D eigenvalue weighted by Crippen LogP contribution is 2.38. The molecule has 13 amide bonds. The van der Waals surface area contributed by atoms with Crippen LogP contribution in [0.25, 0.3) is 22.1 Å². The first-order valence-electron chi connectivity index (χ1n) is 31.4. The summed E-state index contributed by atoms with van der Waals surface area (Å²) in [5.74, 6) is 1.35. The quantitative estimate of drug-likeness (QED) is 0.0353. The van der Waals surface area contributed by atoms with E-state index in [-0.39, 0.29) is 49.6 Å². The second-order valence-electron chi connectivity index (χ2n) is 26.0. The highest BCUT2D eigenvalue weighted by atomic mass is 79.9. The van der Waals surface area contributed by atoms with E-state index in [1.165, 1.54) is 35.7 Å². The van der Waals surface area contributed by atoms with Crippen LogP contribution in [-0.4, -0.2) is 163 Å². The lowest BCUT2D eigenvalue weighted by molar-refractivity contribution is -0.125. The molecule has 11 heterocycles. The number of ether oxygens (including phenoxy) is 5. The van der Waals surface area contributed by atoms with E-state index < -0.39 is 75.8 Å². The number of carbonyl (C=O) groups is 11. The van der Waals surface area contributed by atoms with Crippen LogP contribution in [0.4, 0.5) is 29.7 Å². The number of urea groups is 3. The minimum absolute atomic E-state index is 0.0206. The number of fused-ring (bicyclic) bond motifs is 5. The molecule has 6 aliphatic heterocycles. The second kappa shape index (κ2) is 27.7. The number of imide groups is 3. The molecule has 0 saturated carbocycles. The summed E-state index contributed by atoms with van der Waals surface area (Å²) in [5.41, 5.74) is 1.27. The highest BCUT2D eigenvalue weighted by molar-refractivity contribution is 9.10. The molecule has 0 spiro atoms. The summed E-state index contributed by atoms with van der Waals surface area (Å²) >= 11 is 3.22. The zero-order chi connectivity index (χ0) is 73.4. The number of rotatable bonds is 12. The summed E-state index contributed by atoms with van der Waals surface area (Å²) in [6, 6.07) is 27.4.